The molecule has 0 amide bonds. The number of nitriles is 2. The summed E-state index contributed by atoms with van der Waals surface area (Å²) >= 11 is 0. The Bertz CT molecular complexity index is 758. The van der Waals surface area contributed by atoms with Crippen LogP contribution in [0.2, 0.25) is 0 Å². The Balaban J connectivity index is 2.16. The van der Waals surface area contributed by atoms with Crippen LogP contribution in [0.1, 0.15) is 38.3 Å². The zero-order valence-corrected chi connectivity index (χ0v) is 14.4. The van der Waals surface area contributed by atoms with Crippen LogP contribution in [0.5, 0.6) is 0 Å². The van der Waals surface area contributed by atoms with Crippen molar-refractivity contribution >= 4 is 5.84 Å². The molecule has 2 heterocycles. The summed E-state index contributed by atoms with van der Waals surface area (Å²) in [5.74, 6) is -2.03. The van der Waals surface area contributed by atoms with Crippen LogP contribution >= 0.6 is 0 Å². The smallest absolute Gasteiger partial charge is 0.293 e. The summed E-state index contributed by atoms with van der Waals surface area (Å²) in [6.45, 7) is 4.60. The topological polar surface area (TPSA) is 117 Å². The zero-order chi connectivity index (χ0) is 18.1. The minimum absolute atomic E-state index is 0.0828. The molecule has 1 aromatic heterocycles. The van der Waals surface area contributed by atoms with E-state index in [0.29, 0.717) is 18.9 Å². The number of ether oxygens (including phenoxy) is 2. The van der Waals surface area contributed by atoms with E-state index in [9.17, 15) is 10.5 Å². The number of pyridine rings is 1. The quantitative estimate of drug-likeness (QED) is 0.760. The summed E-state index contributed by atoms with van der Waals surface area (Å²) in [5.41, 5.74) is 4.16. The van der Waals surface area contributed by atoms with Gasteiger partial charge < -0.3 is 15.2 Å². The number of aliphatic imine (C=N–C) groups is 1. The third kappa shape index (κ3) is 1.97. The highest BCUT2D eigenvalue weighted by Gasteiger charge is 2.94. The molecule has 7 nitrogen and oxygen atoms in total. The Morgan fingerprint density at radius 1 is 1.16 bits per heavy atom. The van der Waals surface area contributed by atoms with E-state index in [0.717, 1.165) is 12.8 Å². The third-order valence-corrected chi connectivity index (χ3v) is 4.91. The lowest BCUT2D eigenvalue weighted by atomic mass is 9.93. The van der Waals surface area contributed by atoms with E-state index in [4.69, 9.17) is 15.2 Å². The van der Waals surface area contributed by atoms with Crippen LogP contribution in [0.15, 0.2) is 29.4 Å². The molecule has 0 aromatic carbocycles. The standard InChI is InChI=1S/C18H21N5O2/c1-3-9-24-18(25-10-4-2)17(12-20)14(13-7-5-6-8-22-13)16(17,11-19)15(21)23-18/h5-8,14H,3-4,9-10H2,1-2H3,(H2,21,23). The van der Waals surface area contributed by atoms with Crippen molar-refractivity contribution in [3.05, 3.63) is 30.1 Å². The second-order valence-electron chi connectivity index (χ2n) is 6.30. The predicted octanol–water partition coefficient (Wildman–Crippen LogP) is 2.08. The summed E-state index contributed by atoms with van der Waals surface area (Å²) < 4.78 is 11.9. The molecule has 1 fully saturated rings. The molecule has 3 atom stereocenters. The molecule has 130 valence electrons. The summed E-state index contributed by atoms with van der Waals surface area (Å²) in [7, 11) is 0. The molecule has 7 heteroatoms. The summed E-state index contributed by atoms with van der Waals surface area (Å²) in [5, 5.41) is 20.1. The molecule has 0 radical (unpaired) electrons. The van der Waals surface area contributed by atoms with E-state index in [1.54, 1.807) is 18.3 Å². The Hall–Kier alpha value is -2.48. The highest BCUT2D eigenvalue weighted by atomic mass is 16.7. The van der Waals surface area contributed by atoms with Crippen molar-refractivity contribution in [3.63, 3.8) is 0 Å². The maximum Gasteiger partial charge on any atom is 0.293 e. The largest absolute Gasteiger partial charge is 0.386 e. The number of rotatable bonds is 7. The first-order chi connectivity index (χ1) is 12.1. The monoisotopic (exact) mass is 339 g/mol. The van der Waals surface area contributed by atoms with Crippen LogP contribution in [-0.4, -0.2) is 29.9 Å². The maximum atomic E-state index is 10.1. The number of hydrogen-bond donors (Lipinski definition) is 1. The molecule has 0 spiro atoms. The average Bonchev–Trinajstić information content (AvgIpc) is 3.23. The van der Waals surface area contributed by atoms with Crippen molar-refractivity contribution in [2.45, 2.75) is 38.5 Å². The van der Waals surface area contributed by atoms with Crippen molar-refractivity contribution in [1.82, 2.24) is 4.98 Å². The first-order valence-electron chi connectivity index (χ1n) is 8.47. The van der Waals surface area contributed by atoms with Crippen LogP contribution in [-0.2, 0) is 9.47 Å². The van der Waals surface area contributed by atoms with Crippen molar-refractivity contribution in [2.75, 3.05) is 13.2 Å². The van der Waals surface area contributed by atoms with Crippen molar-refractivity contribution in [1.29, 1.82) is 10.5 Å². The molecule has 0 bridgehead atoms. The molecule has 1 aliphatic heterocycles. The van der Waals surface area contributed by atoms with Gasteiger partial charge in [0.2, 0.25) is 0 Å². The Labute approximate surface area is 147 Å². The SMILES string of the molecule is CCCOC1(OCCC)N=C(N)C2(C#N)C(c3ccccn3)C12C#N. The maximum absolute atomic E-state index is 10.1. The molecular formula is C18H21N5O2. The van der Waals surface area contributed by atoms with Crippen LogP contribution in [0, 0.1) is 33.5 Å². The van der Waals surface area contributed by atoms with Crippen molar-refractivity contribution < 1.29 is 9.47 Å². The van der Waals surface area contributed by atoms with E-state index in [1.807, 2.05) is 19.9 Å². The minimum Gasteiger partial charge on any atom is -0.386 e. The molecular weight excluding hydrogens is 318 g/mol. The van der Waals surface area contributed by atoms with Crippen molar-refractivity contribution in [2.24, 2.45) is 21.6 Å². The highest BCUT2D eigenvalue weighted by molar-refractivity contribution is 6.00. The van der Waals surface area contributed by atoms with Crippen LogP contribution in [0.4, 0.5) is 0 Å². The fourth-order valence-electron chi connectivity index (χ4n) is 3.83. The first-order valence-corrected chi connectivity index (χ1v) is 8.47. The molecule has 1 saturated carbocycles. The Morgan fingerprint density at radius 3 is 2.32 bits per heavy atom. The molecule has 25 heavy (non-hydrogen) atoms. The average molecular weight is 339 g/mol. The van der Waals surface area contributed by atoms with Crippen LogP contribution in [0.25, 0.3) is 0 Å². The van der Waals surface area contributed by atoms with Gasteiger partial charge in [-0.1, -0.05) is 19.9 Å². The summed E-state index contributed by atoms with van der Waals surface area (Å²) in [4.78, 5) is 8.71. The minimum atomic E-state index is -1.57. The van der Waals surface area contributed by atoms with Gasteiger partial charge >= 0.3 is 0 Å². The van der Waals surface area contributed by atoms with E-state index in [1.165, 1.54) is 0 Å². The fraction of sp³-hybridized carbons (Fsp3) is 0.556. The fourth-order valence-corrected chi connectivity index (χ4v) is 3.83. The highest BCUT2D eigenvalue weighted by Crippen LogP contribution is 2.81. The van der Waals surface area contributed by atoms with E-state index in [2.05, 4.69) is 22.1 Å². The van der Waals surface area contributed by atoms with Gasteiger partial charge in [0.1, 0.15) is 5.84 Å². The molecule has 0 saturated heterocycles. The Kier molecular flexibility index (Phi) is 4.24. The molecule has 2 N–H and O–H groups in total. The van der Waals surface area contributed by atoms with Gasteiger partial charge in [-0.3, -0.25) is 4.98 Å². The lowest BCUT2D eigenvalue weighted by molar-refractivity contribution is -0.259. The summed E-state index contributed by atoms with van der Waals surface area (Å²) in [6, 6.07) is 9.92. The van der Waals surface area contributed by atoms with E-state index < -0.39 is 22.7 Å². The predicted molar refractivity (Wildman–Crippen MR) is 89.9 cm³/mol. The van der Waals surface area contributed by atoms with E-state index in [-0.39, 0.29) is 5.84 Å². The van der Waals surface area contributed by atoms with Gasteiger partial charge in [-0.05, 0) is 25.0 Å². The lowest BCUT2D eigenvalue weighted by Crippen LogP contribution is -2.44. The lowest BCUT2D eigenvalue weighted by Gasteiger charge is -2.32. The molecule has 3 unspecified atom stereocenters. The molecule has 1 aromatic rings. The number of aromatic nitrogens is 1. The normalized spacial score (nSPS) is 31.5. The molecule has 3 rings (SSSR count). The number of hydrogen-bond acceptors (Lipinski definition) is 7. The van der Waals surface area contributed by atoms with Crippen molar-refractivity contribution in [3.8, 4) is 12.1 Å². The van der Waals surface area contributed by atoms with E-state index >= 15 is 0 Å². The van der Waals surface area contributed by atoms with Crippen LogP contribution in [0.3, 0.4) is 0 Å². The first kappa shape index (κ1) is 17.3. The molecule has 2 aliphatic rings. The van der Waals surface area contributed by atoms with Crippen LogP contribution < -0.4 is 5.73 Å². The number of nitrogens with zero attached hydrogens (tertiary/aromatic N) is 4. The zero-order valence-electron chi connectivity index (χ0n) is 14.4. The molecule has 1 aliphatic carbocycles. The second-order valence-corrected chi connectivity index (χ2v) is 6.30. The van der Waals surface area contributed by atoms with Gasteiger partial charge in [0.25, 0.3) is 5.91 Å². The number of fused-ring (bicyclic) bond motifs is 1. The summed E-state index contributed by atoms with van der Waals surface area (Å²) in [6.07, 6.45) is 3.08. The van der Waals surface area contributed by atoms with Gasteiger partial charge in [0, 0.05) is 11.9 Å². The van der Waals surface area contributed by atoms with Gasteiger partial charge in [0.15, 0.2) is 10.8 Å². The number of amidine groups is 1. The third-order valence-electron chi connectivity index (χ3n) is 4.91. The van der Waals surface area contributed by atoms with Gasteiger partial charge in [-0.2, -0.15) is 10.5 Å². The van der Waals surface area contributed by atoms with Gasteiger partial charge in [-0.25, -0.2) is 4.99 Å². The Morgan fingerprint density at radius 2 is 1.84 bits per heavy atom. The van der Waals surface area contributed by atoms with Gasteiger partial charge in [-0.15, -0.1) is 0 Å². The number of nitrogens with two attached hydrogens (primary N) is 1. The van der Waals surface area contributed by atoms with Gasteiger partial charge in [0.05, 0.1) is 31.3 Å². The second kappa shape index (κ2) is 6.11.